The highest BCUT2D eigenvalue weighted by Gasteiger charge is 2.45. The number of carbonyl (C=O) groups excluding carboxylic acids is 7. The third-order valence-electron chi connectivity index (χ3n) is 24.8. The van der Waals surface area contributed by atoms with E-state index in [1.54, 1.807) is 45.3 Å². The average molecular weight is 1750 g/mol. The second kappa shape index (κ2) is 50.3. The highest BCUT2D eigenvalue weighted by atomic mass is 35.5. The van der Waals surface area contributed by atoms with Gasteiger partial charge in [-0.25, -0.2) is 21.9 Å². The predicted molar refractivity (Wildman–Crippen MR) is 492 cm³/mol. The number of hydrogen-bond acceptors (Lipinski definition) is 13. The molecule has 15 nitrogen and oxygen atoms in total. The lowest BCUT2D eigenvalue weighted by Crippen LogP contribution is -2.42. The Kier molecular flexibility index (Phi) is 40.7. The van der Waals surface area contributed by atoms with E-state index in [4.69, 9.17) is 59.5 Å². The molecule has 6 aromatic carbocycles. The molecule has 2 saturated carbocycles. The number of aryl methyl sites for hydroxylation is 2. The van der Waals surface area contributed by atoms with Crippen LogP contribution >= 0.6 is 46.4 Å². The SMILES string of the molecule is C.CC(=O)C1CCN(Cc2ccc(Cl)cc2)CC1.CC(=O)CCC(c1cccnc1)c1ccc(F)c(F)c1.CC(=O)CCCc1cc(-c2ccc(Cl)cc2)ccn1.Cc1ccc(C(=O)CCCN2CCC3(CCC(=O)C3)CC2)cc1.[C-]#[N+]C1(c2ccc(Cl)cc2)CCN(CC2CCC(=O)C2)CC1.[C-]#[N+]C1(c2ccc(Cl)cc2)CCN(CCCC(C)=O)CC1. The smallest absolute Gasteiger partial charge is 0.260 e. The Hall–Kier alpha value is -8.85. The quantitative estimate of drug-likeness (QED) is 0.0371. The van der Waals surface area contributed by atoms with Crippen LogP contribution in [0.25, 0.3) is 20.8 Å². The number of hydrogen-bond donors (Lipinski definition) is 0. The van der Waals surface area contributed by atoms with Crippen LogP contribution in [0.3, 0.4) is 0 Å². The Labute approximate surface area is 749 Å². The van der Waals surface area contributed by atoms with Crippen LogP contribution < -0.4 is 0 Å². The van der Waals surface area contributed by atoms with Crippen molar-refractivity contribution in [1.82, 2.24) is 29.6 Å². The van der Waals surface area contributed by atoms with Crippen LogP contribution in [0.15, 0.2) is 182 Å². The van der Waals surface area contributed by atoms with Gasteiger partial charge in [0.15, 0.2) is 17.4 Å². The van der Waals surface area contributed by atoms with E-state index in [1.165, 1.54) is 24.1 Å². The lowest BCUT2D eigenvalue weighted by atomic mass is 9.77. The molecule has 0 N–H and O–H groups in total. The van der Waals surface area contributed by atoms with E-state index in [1.807, 2.05) is 134 Å². The van der Waals surface area contributed by atoms with E-state index in [0.717, 1.165) is 249 Å². The molecule has 4 aliphatic heterocycles. The molecule has 0 bridgehead atoms. The normalized spacial score (nSPS) is 17.6. The van der Waals surface area contributed by atoms with Gasteiger partial charge in [0.2, 0.25) is 0 Å². The van der Waals surface area contributed by atoms with Gasteiger partial charge < -0.3 is 38.8 Å². The number of rotatable bonds is 26. The van der Waals surface area contributed by atoms with Crippen molar-refractivity contribution in [3.05, 3.63) is 282 Å². The van der Waals surface area contributed by atoms with E-state index in [-0.39, 0.29) is 42.4 Å². The average Bonchev–Trinajstić information content (AvgIpc) is 1.15. The predicted octanol–water partition coefficient (Wildman–Crippen LogP) is 23.6. The first kappa shape index (κ1) is 99.6. The molecular weight excluding hydrogens is 1630 g/mol. The molecule has 2 aromatic heterocycles. The minimum Gasteiger partial charge on any atom is -0.305 e. The van der Waals surface area contributed by atoms with Gasteiger partial charge in [0.25, 0.3) is 11.1 Å². The van der Waals surface area contributed by atoms with E-state index < -0.39 is 22.7 Å². The molecular formula is C102H122Cl4F2N8O7. The van der Waals surface area contributed by atoms with Gasteiger partial charge in [-0.1, -0.05) is 120 Å². The van der Waals surface area contributed by atoms with Gasteiger partial charge >= 0.3 is 0 Å². The van der Waals surface area contributed by atoms with E-state index in [0.29, 0.717) is 76.4 Å². The van der Waals surface area contributed by atoms with Crippen molar-refractivity contribution in [2.75, 3.05) is 72.0 Å². The Morgan fingerprint density at radius 1 is 0.520 bits per heavy atom. The maximum absolute atomic E-state index is 13.4. The first-order chi connectivity index (χ1) is 58.6. The molecule has 6 fully saturated rings. The molecule has 123 heavy (non-hydrogen) atoms. The molecule has 14 rings (SSSR count). The molecule has 6 heterocycles. The Bertz CT molecular complexity index is 4780. The fraction of sp³-hybridized carbons (Fsp3) is 0.461. The Morgan fingerprint density at radius 2 is 1.05 bits per heavy atom. The number of aromatic nitrogens is 2. The maximum Gasteiger partial charge on any atom is 0.260 e. The Morgan fingerprint density at radius 3 is 1.54 bits per heavy atom. The molecule has 6 aliphatic rings. The lowest BCUT2D eigenvalue weighted by Gasteiger charge is -2.38. The zero-order valence-corrected chi connectivity index (χ0v) is 74.5. The first-order valence-corrected chi connectivity index (χ1v) is 44.7. The summed E-state index contributed by atoms with van der Waals surface area (Å²) in [5.41, 5.74) is 9.81. The lowest BCUT2D eigenvalue weighted by molar-refractivity contribution is -0.122. The second-order valence-electron chi connectivity index (χ2n) is 34.0. The van der Waals surface area contributed by atoms with Crippen LogP contribution in [0, 0.1) is 49.0 Å². The van der Waals surface area contributed by atoms with Crippen LogP contribution in [0.2, 0.25) is 20.1 Å². The molecule has 2 atom stereocenters. The van der Waals surface area contributed by atoms with Gasteiger partial charge in [0.05, 0.1) is 0 Å². The van der Waals surface area contributed by atoms with Crippen molar-refractivity contribution in [2.45, 2.75) is 213 Å². The molecule has 2 unspecified atom stereocenters. The summed E-state index contributed by atoms with van der Waals surface area (Å²) in [6.07, 6.45) is 24.5. The molecule has 0 amide bonds. The van der Waals surface area contributed by atoms with Crippen molar-refractivity contribution < 1.29 is 42.3 Å². The summed E-state index contributed by atoms with van der Waals surface area (Å²) in [7, 11) is 0. The highest BCUT2D eigenvalue weighted by molar-refractivity contribution is 6.31. The van der Waals surface area contributed by atoms with Gasteiger partial charge in [0.1, 0.15) is 34.7 Å². The van der Waals surface area contributed by atoms with E-state index in [2.05, 4.69) is 57.5 Å². The molecule has 654 valence electrons. The van der Waals surface area contributed by atoms with E-state index in [9.17, 15) is 42.3 Å². The fourth-order valence-corrected chi connectivity index (χ4v) is 17.7. The number of piperidine rings is 4. The zero-order chi connectivity index (χ0) is 87.6. The van der Waals surface area contributed by atoms with Crippen LogP contribution in [0.4, 0.5) is 8.78 Å². The summed E-state index contributed by atoms with van der Waals surface area (Å²) >= 11 is 23.6. The number of halogens is 6. The van der Waals surface area contributed by atoms with E-state index >= 15 is 0 Å². The van der Waals surface area contributed by atoms with Gasteiger partial charge in [-0.3, -0.25) is 34.0 Å². The summed E-state index contributed by atoms with van der Waals surface area (Å²) < 4.78 is 26.4. The van der Waals surface area contributed by atoms with Gasteiger partial charge in [-0.2, -0.15) is 0 Å². The number of benzene rings is 6. The standard InChI is InChI=1S/C20H27NO2.C18H21ClN2O.C17H21ClN2O.C16H16ClNO.C16H15F2NO.C14H18ClNO.CH4/c1-16-4-6-17(7-5-16)19(23)3-2-12-21-13-10-20(11-14-21)9-8-18(22)15-20;1-20-18(15-3-5-16(19)6-4-15)8-10-21(11-9-18)13-14-2-7-17(22)12-14;1-14(21)4-3-11-20-12-9-17(19-2,10-13-20)15-5-7-16(18)8-6-15;1-12(19)3-2-4-16-11-14(9-10-18-16)13-5-7-15(17)8-6-13;1-11(20)4-6-14(13-3-2-8-19-10-13)12-5-7-15(17)16(18)9-12;1-11(17)13-6-8-16(9-7-13)10-12-2-4-14(15)5-3-12;/h4-7H,2-3,8-15H2,1H3;3-6,14H,2,7-13H2;5-8H,3-4,9-13H2,1H3;5-11H,2-4H2,1H3;2-3,5,7-10,14H,4,6H2,1H3;2-5,13H,6-10H2,1H3;1H4. The monoisotopic (exact) mass is 1750 g/mol. The minimum atomic E-state index is -0.876. The first-order valence-electron chi connectivity index (χ1n) is 43.2. The zero-order valence-electron chi connectivity index (χ0n) is 71.5. The van der Waals surface area contributed by atoms with Crippen LogP contribution in [0.5, 0.6) is 0 Å². The van der Waals surface area contributed by atoms with Crippen molar-refractivity contribution in [2.24, 2.45) is 17.3 Å². The van der Waals surface area contributed by atoms with Crippen LogP contribution in [0.1, 0.15) is 232 Å². The molecule has 21 heteroatoms. The summed E-state index contributed by atoms with van der Waals surface area (Å²) in [6.45, 7) is 35.7. The van der Waals surface area contributed by atoms with Crippen LogP contribution in [-0.4, -0.2) is 142 Å². The molecule has 8 aromatic rings. The molecule has 2 aliphatic carbocycles. The molecule has 1 spiro atoms. The van der Waals surface area contributed by atoms with Crippen molar-refractivity contribution in [3.63, 3.8) is 0 Å². The number of pyridine rings is 2. The van der Waals surface area contributed by atoms with Crippen molar-refractivity contribution >= 4 is 86.9 Å². The van der Waals surface area contributed by atoms with Gasteiger partial charge in [-0.05, 0) is 287 Å². The summed E-state index contributed by atoms with van der Waals surface area (Å²) in [6, 6.07) is 50.6. The highest BCUT2D eigenvalue weighted by Crippen LogP contribution is 2.45. The number of likely N-dealkylation sites (tertiary alicyclic amines) is 4. The Balaban J connectivity index is 0.000000183. The summed E-state index contributed by atoms with van der Waals surface area (Å²) in [5.74, 6) is 0.933. The van der Waals surface area contributed by atoms with Crippen molar-refractivity contribution in [1.29, 1.82) is 0 Å². The second-order valence-corrected chi connectivity index (χ2v) is 35.7. The van der Waals surface area contributed by atoms with Crippen LogP contribution in [-0.2, 0) is 52.8 Å². The number of carbonyl (C=O) groups is 7. The molecule has 0 radical (unpaired) electrons. The third kappa shape index (κ3) is 32.6. The number of ketones is 7. The number of nitrogens with zero attached hydrogens (tertiary/aromatic N) is 8. The third-order valence-corrected chi connectivity index (χ3v) is 25.8. The van der Waals surface area contributed by atoms with Gasteiger partial charge in [-0.15, -0.1) is 0 Å². The topological polar surface area (TPSA) is 167 Å². The number of Topliss-reactive ketones (excluding diaryl/α,β-unsaturated/α-hetero) is 7. The van der Waals surface area contributed by atoms with Crippen molar-refractivity contribution in [3.8, 4) is 11.1 Å². The fourth-order valence-electron chi connectivity index (χ4n) is 17.2. The molecule has 4 saturated heterocycles. The van der Waals surface area contributed by atoms with Gasteiger partial charge in [0, 0.05) is 189 Å². The maximum atomic E-state index is 13.4. The minimum absolute atomic E-state index is 0. The summed E-state index contributed by atoms with van der Waals surface area (Å²) in [4.78, 5) is 105. The largest absolute Gasteiger partial charge is 0.305 e. The summed E-state index contributed by atoms with van der Waals surface area (Å²) in [5, 5.41) is 2.94.